The predicted octanol–water partition coefficient (Wildman–Crippen LogP) is 5.24. The predicted molar refractivity (Wildman–Crippen MR) is 205 cm³/mol. The van der Waals surface area contributed by atoms with Gasteiger partial charge >= 0.3 is 11.9 Å². The van der Waals surface area contributed by atoms with Crippen molar-refractivity contribution < 1.29 is 29.4 Å². The second-order valence-corrected chi connectivity index (χ2v) is 11.9. The summed E-state index contributed by atoms with van der Waals surface area (Å²) < 4.78 is 0. The second kappa shape index (κ2) is 26.4. The molecule has 0 saturated heterocycles. The van der Waals surface area contributed by atoms with Gasteiger partial charge in [0.2, 0.25) is 11.8 Å². The molecule has 0 heterocycles. The molecule has 0 fully saturated rings. The van der Waals surface area contributed by atoms with E-state index in [0.717, 1.165) is 75.8 Å². The van der Waals surface area contributed by atoms with E-state index in [-0.39, 0.29) is 11.8 Å². The van der Waals surface area contributed by atoms with Gasteiger partial charge in [0.1, 0.15) is 0 Å². The molecule has 0 bridgehead atoms. The summed E-state index contributed by atoms with van der Waals surface area (Å²) in [6, 6.07) is 36.6. The lowest BCUT2D eigenvalue weighted by Crippen LogP contribution is -2.24. The fourth-order valence-corrected chi connectivity index (χ4v) is 4.91. The summed E-state index contributed by atoms with van der Waals surface area (Å²) in [5, 5.41) is 20.7. The van der Waals surface area contributed by atoms with Gasteiger partial charge in [0, 0.05) is 37.3 Å². The number of hydrogen-bond donors (Lipinski definition) is 8. The molecule has 4 rings (SSSR count). The number of hydrazine groups is 2. The summed E-state index contributed by atoms with van der Waals surface area (Å²) in [4.78, 5) is 42.1. The molecule has 0 unspecified atom stereocenters. The quantitative estimate of drug-likeness (QED) is 0.0291. The van der Waals surface area contributed by atoms with Crippen molar-refractivity contribution in [2.45, 2.75) is 64.2 Å². The molecule has 0 atom stereocenters. The van der Waals surface area contributed by atoms with Crippen molar-refractivity contribution in [3.05, 3.63) is 131 Å². The van der Waals surface area contributed by atoms with Gasteiger partial charge in [-0.2, -0.15) is 0 Å². The third-order valence-electron chi connectivity index (χ3n) is 7.70. The second-order valence-electron chi connectivity index (χ2n) is 11.9. The van der Waals surface area contributed by atoms with Gasteiger partial charge < -0.3 is 20.8 Å². The van der Waals surface area contributed by atoms with Crippen LogP contribution < -0.4 is 33.2 Å². The van der Waals surface area contributed by atoms with Crippen LogP contribution in [0.5, 0.6) is 0 Å². The Hall–Kier alpha value is -5.40. The van der Waals surface area contributed by atoms with E-state index >= 15 is 0 Å². The minimum Gasteiger partial charge on any atom is -0.473 e. The van der Waals surface area contributed by atoms with Crippen molar-refractivity contribution in [1.82, 2.24) is 10.9 Å². The standard InChI is InChI=1S/2C19H25N3O.C2H2O4/c2*20-21-15-14-17-10-12-18(13-11-17)22-19(23)9-5-4-8-16-6-2-1-3-7-16;3-1(4)2(5)6/h2*1-3,6-7,10-13,21H,4-5,8-9,14-15,20H2,(H,22,23);(H,3,4)(H,5,6). The topological polar surface area (TPSA) is 209 Å². The number of nitrogens with two attached hydrogens (primary N) is 2. The van der Waals surface area contributed by atoms with Gasteiger partial charge in [-0.15, -0.1) is 0 Å². The van der Waals surface area contributed by atoms with Crippen LogP contribution in [0, 0.1) is 0 Å². The summed E-state index contributed by atoms with van der Waals surface area (Å²) >= 11 is 0. The molecule has 12 nitrogen and oxygen atoms in total. The fourth-order valence-electron chi connectivity index (χ4n) is 4.91. The molecule has 0 aliphatic carbocycles. The van der Waals surface area contributed by atoms with Crippen LogP contribution >= 0.6 is 0 Å². The van der Waals surface area contributed by atoms with Gasteiger partial charge in [0.25, 0.3) is 0 Å². The van der Waals surface area contributed by atoms with Gasteiger partial charge in [-0.1, -0.05) is 84.9 Å². The Balaban J connectivity index is 0.000000312. The maximum absolute atomic E-state index is 11.9. The summed E-state index contributed by atoms with van der Waals surface area (Å²) in [7, 11) is 0. The van der Waals surface area contributed by atoms with Crippen molar-refractivity contribution in [1.29, 1.82) is 0 Å². The zero-order chi connectivity index (χ0) is 37.8. The third kappa shape index (κ3) is 20.3. The van der Waals surface area contributed by atoms with Crippen LogP contribution in [0.4, 0.5) is 11.4 Å². The average molecular weight is 713 g/mol. The number of amides is 2. The summed E-state index contributed by atoms with van der Waals surface area (Å²) in [5.41, 5.74) is 12.0. The fraction of sp³-hybridized carbons (Fsp3) is 0.300. The van der Waals surface area contributed by atoms with Gasteiger partial charge in [-0.3, -0.25) is 32.1 Å². The van der Waals surface area contributed by atoms with Gasteiger partial charge in [-0.05, 0) is 97.9 Å². The first kappa shape index (κ1) is 42.8. The molecule has 12 heteroatoms. The molecule has 0 aliphatic heterocycles. The van der Waals surface area contributed by atoms with Gasteiger partial charge in [-0.25, -0.2) is 9.59 Å². The van der Waals surface area contributed by atoms with E-state index in [1.165, 1.54) is 22.3 Å². The average Bonchev–Trinajstić information content (AvgIpc) is 3.16. The number of carbonyl (C=O) groups is 4. The number of benzene rings is 4. The van der Waals surface area contributed by atoms with Crippen molar-refractivity contribution in [3.8, 4) is 0 Å². The number of hydrogen-bond acceptors (Lipinski definition) is 8. The third-order valence-corrected chi connectivity index (χ3v) is 7.70. The normalized spacial score (nSPS) is 10.1. The molecule has 2 amide bonds. The number of aryl methyl sites for hydroxylation is 2. The monoisotopic (exact) mass is 712 g/mol. The Bertz CT molecular complexity index is 1470. The first-order valence-corrected chi connectivity index (χ1v) is 17.4. The van der Waals surface area contributed by atoms with E-state index in [9.17, 15) is 9.59 Å². The SMILES string of the molecule is NNCCc1ccc(NC(=O)CCCCc2ccccc2)cc1.NNCCc1ccc(NC(=O)CCCCc2ccccc2)cc1.O=C(O)C(=O)O. The molecular weight excluding hydrogens is 660 g/mol. The molecule has 0 aromatic heterocycles. The van der Waals surface area contributed by atoms with Crippen LogP contribution in [0.3, 0.4) is 0 Å². The van der Waals surface area contributed by atoms with Crippen LogP contribution in [0.2, 0.25) is 0 Å². The molecule has 0 saturated carbocycles. The first-order valence-electron chi connectivity index (χ1n) is 17.4. The molecule has 4 aromatic carbocycles. The highest BCUT2D eigenvalue weighted by Crippen LogP contribution is 2.13. The van der Waals surface area contributed by atoms with Gasteiger partial charge in [0.05, 0.1) is 0 Å². The van der Waals surface area contributed by atoms with Crippen molar-refractivity contribution in [2.75, 3.05) is 23.7 Å². The number of nitrogens with one attached hydrogen (secondary N) is 4. The lowest BCUT2D eigenvalue weighted by atomic mass is 10.1. The Kier molecular flexibility index (Phi) is 21.7. The van der Waals surface area contributed by atoms with Crippen LogP contribution in [0.1, 0.15) is 60.8 Å². The molecule has 10 N–H and O–H groups in total. The van der Waals surface area contributed by atoms with Crippen molar-refractivity contribution in [3.63, 3.8) is 0 Å². The molecular formula is C40H52N6O6. The molecule has 0 aliphatic rings. The maximum atomic E-state index is 11.9. The highest BCUT2D eigenvalue weighted by Gasteiger charge is 2.05. The van der Waals surface area contributed by atoms with E-state index in [2.05, 4.69) is 70.0 Å². The zero-order valence-corrected chi connectivity index (χ0v) is 29.6. The summed E-state index contributed by atoms with van der Waals surface area (Å²) in [6.45, 7) is 1.49. The highest BCUT2D eigenvalue weighted by molar-refractivity contribution is 6.27. The van der Waals surface area contributed by atoms with E-state index in [1.807, 2.05) is 60.7 Å². The Morgan fingerprint density at radius 2 is 0.769 bits per heavy atom. The maximum Gasteiger partial charge on any atom is 0.414 e. The largest absolute Gasteiger partial charge is 0.473 e. The molecule has 0 radical (unpaired) electrons. The number of carbonyl (C=O) groups excluding carboxylic acids is 2. The van der Waals surface area contributed by atoms with E-state index < -0.39 is 11.9 Å². The first-order chi connectivity index (χ1) is 25.2. The Morgan fingerprint density at radius 1 is 0.442 bits per heavy atom. The minimum absolute atomic E-state index is 0.0782. The molecule has 0 spiro atoms. The van der Waals surface area contributed by atoms with Crippen LogP contribution in [-0.2, 0) is 44.9 Å². The van der Waals surface area contributed by atoms with Crippen molar-refractivity contribution in [2.24, 2.45) is 11.7 Å². The summed E-state index contributed by atoms with van der Waals surface area (Å²) in [5.74, 6) is 7.03. The van der Waals surface area contributed by atoms with Crippen LogP contribution in [0.15, 0.2) is 109 Å². The molecule has 4 aromatic rings. The number of rotatable bonds is 18. The van der Waals surface area contributed by atoms with Gasteiger partial charge in [0.15, 0.2) is 0 Å². The van der Waals surface area contributed by atoms with Crippen molar-refractivity contribution >= 4 is 35.1 Å². The van der Waals surface area contributed by atoms with Crippen LogP contribution in [-0.4, -0.2) is 47.1 Å². The number of carboxylic acids is 2. The molecule has 52 heavy (non-hydrogen) atoms. The minimum atomic E-state index is -1.82. The number of anilines is 2. The Labute approximate surface area is 306 Å². The Morgan fingerprint density at radius 3 is 1.08 bits per heavy atom. The lowest BCUT2D eigenvalue weighted by Gasteiger charge is -2.07. The van der Waals surface area contributed by atoms with E-state index in [4.69, 9.17) is 31.5 Å². The smallest absolute Gasteiger partial charge is 0.414 e. The van der Waals surface area contributed by atoms with E-state index in [0.29, 0.717) is 12.8 Å². The number of carboxylic acid groups (broad SMARTS) is 2. The zero-order valence-electron chi connectivity index (χ0n) is 29.6. The number of unbranched alkanes of at least 4 members (excludes halogenated alkanes) is 2. The van der Waals surface area contributed by atoms with Crippen LogP contribution in [0.25, 0.3) is 0 Å². The lowest BCUT2D eigenvalue weighted by molar-refractivity contribution is -0.159. The summed E-state index contributed by atoms with van der Waals surface area (Å²) in [6.07, 6.45) is 8.80. The van der Waals surface area contributed by atoms with E-state index in [1.54, 1.807) is 0 Å². The number of aliphatic carboxylic acids is 2. The highest BCUT2D eigenvalue weighted by atomic mass is 16.4. The molecule has 278 valence electrons.